The van der Waals surface area contributed by atoms with Gasteiger partial charge in [0.1, 0.15) is 18.0 Å². The predicted octanol–water partition coefficient (Wildman–Crippen LogP) is 4.03. The topological polar surface area (TPSA) is 91.5 Å². The zero-order valence-electron chi connectivity index (χ0n) is 16.0. The molecule has 1 aromatic carbocycles. The number of rotatable bonds is 5. The van der Waals surface area contributed by atoms with Crippen molar-refractivity contribution in [3.8, 4) is 17.2 Å². The Bertz CT molecular complexity index is 1150. The lowest BCUT2D eigenvalue weighted by Gasteiger charge is -2.34. The summed E-state index contributed by atoms with van der Waals surface area (Å²) in [5.74, 6) is 1.76. The Morgan fingerprint density at radius 3 is 2.83 bits per heavy atom. The summed E-state index contributed by atoms with van der Waals surface area (Å²) in [4.78, 5) is 9.08. The van der Waals surface area contributed by atoms with Crippen LogP contribution in [0.15, 0.2) is 53.3 Å². The highest BCUT2D eigenvalue weighted by atomic mass is 35.5. The molecule has 0 radical (unpaired) electrons. The molecule has 3 heterocycles. The summed E-state index contributed by atoms with van der Waals surface area (Å²) in [6, 6.07) is 11.7. The number of halogens is 1. The third-order valence-corrected chi connectivity index (χ3v) is 5.23. The van der Waals surface area contributed by atoms with Crippen molar-refractivity contribution in [1.82, 2.24) is 19.5 Å². The maximum Gasteiger partial charge on any atom is 0.258 e. The first-order valence-electron chi connectivity index (χ1n) is 9.40. The number of benzene rings is 1. The Balaban J connectivity index is 0.00000205. The van der Waals surface area contributed by atoms with Crippen LogP contribution in [0.3, 0.4) is 0 Å². The largest absolute Gasteiger partial charge is 0.487 e. The Labute approximate surface area is 174 Å². The molecule has 0 atom stereocenters. The first-order chi connectivity index (χ1) is 13.6. The molecule has 0 unspecified atom stereocenters. The van der Waals surface area contributed by atoms with Crippen molar-refractivity contribution in [3.63, 3.8) is 0 Å². The highest BCUT2D eigenvalue weighted by Crippen LogP contribution is 2.37. The number of imidazole rings is 1. The SMILES string of the molecule is Cc1ccc2nc(COc3cccc(-c4nc(C5(N)CCC5)no4)c3)cn2c1.Cl. The minimum absolute atomic E-state index is 0. The predicted molar refractivity (Wildman–Crippen MR) is 111 cm³/mol. The van der Waals surface area contributed by atoms with Gasteiger partial charge in [0.15, 0.2) is 5.82 Å². The molecule has 1 saturated carbocycles. The van der Waals surface area contributed by atoms with Gasteiger partial charge in [0.05, 0.1) is 11.2 Å². The zero-order valence-corrected chi connectivity index (χ0v) is 16.9. The monoisotopic (exact) mass is 411 g/mol. The van der Waals surface area contributed by atoms with E-state index in [1.807, 2.05) is 53.2 Å². The van der Waals surface area contributed by atoms with Crippen molar-refractivity contribution in [2.45, 2.75) is 38.3 Å². The number of ether oxygens (including phenoxy) is 1. The summed E-state index contributed by atoms with van der Waals surface area (Å²) in [6.07, 6.45) is 6.93. The average Bonchev–Trinajstić information content (AvgIpc) is 3.31. The van der Waals surface area contributed by atoms with Crippen molar-refractivity contribution in [1.29, 1.82) is 0 Å². The van der Waals surface area contributed by atoms with E-state index in [9.17, 15) is 0 Å². The maximum absolute atomic E-state index is 6.28. The van der Waals surface area contributed by atoms with E-state index in [1.165, 1.54) is 5.56 Å². The fraction of sp³-hybridized carbons (Fsp3) is 0.286. The molecule has 1 fully saturated rings. The van der Waals surface area contributed by atoms with E-state index in [1.54, 1.807) is 0 Å². The van der Waals surface area contributed by atoms with Crippen LogP contribution >= 0.6 is 12.4 Å². The highest BCUT2D eigenvalue weighted by molar-refractivity contribution is 5.85. The summed E-state index contributed by atoms with van der Waals surface area (Å²) in [5, 5.41) is 4.08. The van der Waals surface area contributed by atoms with E-state index in [2.05, 4.69) is 22.0 Å². The van der Waals surface area contributed by atoms with Crippen LogP contribution in [-0.4, -0.2) is 19.5 Å². The van der Waals surface area contributed by atoms with Gasteiger partial charge in [-0.25, -0.2) is 4.98 Å². The molecule has 3 aromatic heterocycles. The van der Waals surface area contributed by atoms with Gasteiger partial charge in [0.25, 0.3) is 5.89 Å². The number of hydrogen-bond acceptors (Lipinski definition) is 6. The molecule has 7 nitrogen and oxygen atoms in total. The van der Waals surface area contributed by atoms with E-state index in [0.717, 1.165) is 41.9 Å². The summed E-state index contributed by atoms with van der Waals surface area (Å²) < 4.78 is 13.4. The van der Waals surface area contributed by atoms with Crippen LogP contribution in [0.5, 0.6) is 5.75 Å². The number of hydrogen-bond donors (Lipinski definition) is 1. The molecule has 150 valence electrons. The van der Waals surface area contributed by atoms with Crippen LogP contribution in [0.4, 0.5) is 0 Å². The second-order valence-electron chi connectivity index (χ2n) is 7.45. The number of aromatic nitrogens is 4. The minimum Gasteiger partial charge on any atom is -0.487 e. The smallest absolute Gasteiger partial charge is 0.258 e. The molecule has 4 aromatic rings. The summed E-state index contributed by atoms with van der Waals surface area (Å²) in [7, 11) is 0. The lowest BCUT2D eigenvalue weighted by Crippen LogP contribution is -2.44. The minimum atomic E-state index is -0.433. The number of pyridine rings is 1. The fourth-order valence-electron chi connectivity index (χ4n) is 3.43. The van der Waals surface area contributed by atoms with Crippen LogP contribution in [-0.2, 0) is 12.1 Å². The van der Waals surface area contributed by atoms with E-state index >= 15 is 0 Å². The lowest BCUT2D eigenvalue weighted by molar-refractivity contribution is 0.229. The van der Waals surface area contributed by atoms with Crippen molar-refractivity contribution < 1.29 is 9.26 Å². The molecule has 0 aliphatic heterocycles. The van der Waals surface area contributed by atoms with Crippen LogP contribution in [0, 0.1) is 6.92 Å². The molecular formula is C21H22ClN5O2. The molecule has 0 bridgehead atoms. The molecule has 5 rings (SSSR count). The number of nitrogens with two attached hydrogens (primary N) is 1. The van der Waals surface area contributed by atoms with Gasteiger partial charge in [-0.15, -0.1) is 12.4 Å². The van der Waals surface area contributed by atoms with Crippen molar-refractivity contribution in [2.75, 3.05) is 0 Å². The third kappa shape index (κ3) is 3.71. The highest BCUT2D eigenvalue weighted by Gasteiger charge is 2.39. The molecule has 29 heavy (non-hydrogen) atoms. The van der Waals surface area contributed by atoms with Crippen molar-refractivity contribution in [3.05, 3.63) is 65.9 Å². The van der Waals surface area contributed by atoms with E-state index in [4.69, 9.17) is 15.0 Å². The van der Waals surface area contributed by atoms with Crippen LogP contribution in [0.1, 0.15) is 36.3 Å². The first kappa shape index (κ1) is 19.4. The maximum atomic E-state index is 6.28. The van der Waals surface area contributed by atoms with Gasteiger partial charge in [-0.2, -0.15) is 4.98 Å². The third-order valence-electron chi connectivity index (χ3n) is 5.23. The summed E-state index contributed by atoms with van der Waals surface area (Å²) >= 11 is 0. The van der Waals surface area contributed by atoms with E-state index < -0.39 is 5.54 Å². The zero-order chi connectivity index (χ0) is 19.1. The Kier molecular flexibility index (Phi) is 5.02. The second kappa shape index (κ2) is 7.50. The van der Waals surface area contributed by atoms with Crippen molar-refractivity contribution >= 4 is 18.1 Å². The molecule has 2 N–H and O–H groups in total. The first-order valence-corrected chi connectivity index (χ1v) is 9.40. The van der Waals surface area contributed by atoms with Gasteiger partial charge in [-0.05, 0) is 56.0 Å². The standard InChI is InChI=1S/C21H21N5O2.ClH/c1-14-6-7-18-23-16(12-26(18)11-14)13-27-17-5-2-4-15(10-17)19-24-20(25-28-19)21(22)8-3-9-21;/h2,4-7,10-12H,3,8-9,13,22H2,1H3;1H. The summed E-state index contributed by atoms with van der Waals surface area (Å²) in [6.45, 7) is 2.44. The molecule has 0 spiro atoms. The van der Waals surface area contributed by atoms with Crippen molar-refractivity contribution in [2.24, 2.45) is 5.73 Å². The Morgan fingerprint density at radius 1 is 1.17 bits per heavy atom. The fourth-order valence-corrected chi connectivity index (χ4v) is 3.43. The normalized spacial score (nSPS) is 15.0. The molecular weight excluding hydrogens is 390 g/mol. The van der Waals surface area contributed by atoms with Crippen LogP contribution < -0.4 is 10.5 Å². The van der Waals surface area contributed by atoms with Crippen LogP contribution in [0.2, 0.25) is 0 Å². The Morgan fingerprint density at radius 2 is 2.03 bits per heavy atom. The number of aryl methyl sites for hydroxylation is 1. The van der Waals surface area contributed by atoms with Gasteiger partial charge in [-0.1, -0.05) is 17.3 Å². The molecule has 1 aliphatic rings. The average molecular weight is 412 g/mol. The molecule has 1 aliphatic carbocycles. The second-order valence-corrected chi connectivity index (χ2v) is 7.45. The Hall–Kier alpha value is -2.90. The molecule has 0 saturated heterocycles. The van der Waals surface area contributed by atoms with E-state index in [-0.39, 0.29) is 12.4 Å². The molecule has 8 heteroatoms. The van der Waals surface area contributed by atoms with E-state index in [0.29, 0.717) is 18.3 Å². The van der Waals surface area contributed by atoms with Gasteiger partial charge >= 0.3 is 0 Å². The van der Waals surface area contributed by atoms with Gasteiger partial charge in [0, 0.05) is 18.0 Å². The lowest BCUT2D eigenvalue weighted by atomic mass is 9.77. The number of nitrogens with zero attached hydrogens (tertiary/aromatic N) is 4. The molecule has 0 amide bonds. The summed E-state index contributed by atoms with van der Waals surface area (Å²) in [5.41, 5.74) is 9.61. The van der Waals surface area contributed by atoms with Gasteiger partial charge < -0.3 is 19.4 Å². The van der Waals surface area contributed by atoms with Gasteiger partial charge in [-0.3, -0.25) is 0 Å². The van der Waals surface area contributed by atoms with Gasteiger partial charge in [0.2, 0.25) is 0 Å². The number of fused-ring (bicyclic) bond motifs is 1. The van der Waals surface area contributed by atoms with Crippen LogP contribution in [0.25, 0.3) is 17.1 Å². The quantitative estimate of drug-likeness (QED) is 0.533.